The lowest BCUT2D eigenvalue weighted by molar-refractivity contribution is 0.370. The topological polar surface area (TPSA) is 214 Å². The lowest BCUT2D eigenvalue weighted by Gasteiger charge is -2.06. The van der Waals surface area contributed by atoms with Gasteiger partial charge in [-0.2, -0.15) is 19.9 Å². The zero-order valence-corrected chi connectivity index (χ0v) is 12.9. The van der Waals surface area contributed by atoms with E-state index in [0.29, 0.717) is 11.0 Å². The van der Waals surface area contributed by atoms with Crippen molar-refractivity contribution in [3.63, 3.8) is 0 Å². The van der Waals surface area contributed by atoms with Crippen LogP contribution in [0.2, 0.25) is 0 Å². The molecule has 0 aromatic carbocycles. The van der Waals surface area contributed by atoms with Gasteiger partial charge in [0, 0.05) is 0 Å². The Labute approximate surface area is 138 Å². The molecule has 6 N–H and O–H groups in total. The highest BCUT2D eigenvalue weighted by atomic mass is 32.3. The summed E-state index contributed by atoms with van der Waals surface area (Å²) in [5, 5.41) is 0. The van der Waals surface area contributed by atoms with E-state index in [0.717, 1.165) is 0 Å². The Hall–Kier alpha value is -3.75. The Bertz CT molecular complexity index is 1110. The van der Waals surface area contributed by atoms with Gasteiger partial charge in [-0.3, -0.25) is 0 Å². The number of nitrogens with zero attached hydrogens (tertiary/aromatic N) is 6. The molecular formula is C10H8N10O4S. The van der Waals surface area contributed by atoms with E-state index >= 15 is 0 Å². The molecule has 25 heavy (non-hydrogen) atoms. The van der Waals surface area contributed by atoms with E-state index in [9.17, 15) is 8.42 Å². The van der Waals surface area contributed by atoms with Crippen molar-refractivity contribution in [2.75, 3.05) is 11.5 Å². The highest BCUT2D eigenvalue weighted by Gasteiger charge is 2.22. The number of aromatic amines is 2. The van der Waals surface area contributed by atoms with Crippen LogP contribution in [0.4, 0.5) is 11.6 Å². The van der Waals surface area contributed by atoms with Crippen molar-refractivity contribution in [2.24, 2.45) is 0 Å². The molecule has 4 aromatic rings. The Kier molecular flexibility index (Phi) is 3.04. The summed E-state index contributed by atoms with van der Waals surface area (Å²) >= 11 is 0. The van der Waals surface area contributed by atoms with Gasteiger partial charge in [0.2, 0.25) is 0 Å². The number of anilines is 2. The summed E-state index contributed by atoms with van der Waals surface area (Å²) in [5.41, 5.74) is 12.2. The lowest BCUT2D eigenvalue weighted by atomic mass is 10.5. The second-order valence-corrected chi connectivity index (χ2v) is 5.71. The third-order valence-corrected chi connectivity index (χ3v) is 3.65. The van der Waals surface area contributed by atoms with Crippen LogP contribution in [-0.2, 0) is 10.4 Å². The number of nitrogens with two attached hydrogens (primary N) is 2. The molecule has 0 aliphatic carbocycles. The highest BCUT2D eigenvalue weighted by Crippen LogP contribution is 2.20. The molecule has 4 aromatic heterocycles. The largest absolute Gasteiger partial charge is 0.506 e. The minimum absolute atomic E-state index is 0.0499. The summed E-state index contributed by atoms with van der Waals surface area (Å²) in [4.78, 5) is 28.0. The third kappa shape index (κ3) is 2.67. The highest BCUT2D eigenvalue weighted by molar-refractivity contribution is 7.82. The molecule has 0 saturated heterocycles. The normalized spacial score (nSPS) is 11.8. The van der Waals surface area contributed by atoms with Crippen molar-refractivity contribution >= 4 is 44.4 Å². The monoisotopic (exact) mass is 364 g/mol. The Morgan fingerprint density at radius 1 is 0.800 bits per heavy atom. The zero-order valence-electron chi connectivity index (χ0n) is 12.0. The van der Waals surface area contributed by atoms with Gasteiger partial charge >= 0.3 is 22.4 Å². The lowest BCUT2D eigenvalue weighted by Crippen LogP contribution is -2.19. The molecule has 0 bridgehead atoms. The van der Waals surface area contributed by atoms with Gasteiger partial charge in [-0.1, -0.05) is 0 Å². The van der Waals surface area contributed by atoms with Gasteiger partial charge in [0.25, 0.3) is 0 Å². The number of H-pyrrole nitrogens is 2. The SMILES string of the molecule is Nc1nc(OS(=O)(=O)Oc2nc(N)c3[nH]cnc3n2)nc2nc[nH]c12. The van der Waals surface area contributed by atoms with Gasteiger partial charge in [0.15, 0.2) is 22.9 Å². The van der Waals surface area contributed by atoms with Crippen LogP contribution in [0, 0.1) is 0 Å². The average molecular weight is 364 g/mol. The Balaban J connectivity index is 1.63. The van der Waals surface area contributed by atoms with Crippen molar-refractivity contribution in [1.29, 1.82) is 0 Å². The predicted octanol–water partition coefficient (Wildman–Crippen LogP) is -1.11. The second kappa shape index (κ2) is 5.13. The smallest absolute Gasteiger partial charge is 0.382 e. The number of rotatable bonds is 4. The molecule has 4 heterocycles. The van der Waals surface area contributed by atoms with E-state index in [1.54, 1.807) is 0 Å². The molecule has 14 nitrogen and oxygen atoms in total. The molecule has 4 rings (SSSR count). The van der Waals surface area contributed by atoms with E-state index in [2.05, 4.69) is 48.2 Å². The number of nitrogen functional groups attached to an aromatic ring is 2. The Morgan fingerprint density at radius 3 is 1.68 bits per heavy atom. The first-order chi connectivity index (χ1) is 11.9. The molecule has 0 fully saturated rings. The maximum atomic E-state index is 12.0. The van der Waals surface area contributed by atoms with E-state index in [1.807, 2.05) is 0 Å². The summed E-state index contributed by atoms with van der Waals surface area (Å²) in [6.45, 7) is 0. The van der Waals surface area contributed by atoms with Crippen molar-refractivity contribution in [2.45, 2.75) is 0 Å². The fourth-order valence-corrected chi connectivity index (χ4v) is 2.49. The third-order valence-electron chi connectivity index (χ3n) is 2.94. The standard InChI is InChI=1S/C10H8N10O4S/c11-5-3-7(15-1-13-3)19-9(17-5)23-25(21,22)24-10-18-6(12)4-8(20-10)16-2-14-4/h1-2H,(H3,11,13,15,17,19)(H3,12,14,16,18,20). The van der Waals surface area contributed by atoms with Crippen LogP contribution >= 0.6 is 0 Å². The molecule has 0 saturated carbocycles. The number of imidazole rings is 2. The van der Waals surface area contributed by atoms with Crippen LogP contribution in [0.25, 0.3) is 22.3 Å². The fraction of sp³-hybridized carbons (Fsp3) is 0. The zero-order chi connectivity index (χ0) is 17.6. The van der Waals surface area contributed by atoms with Crippen molar-refractivity contribution in [3.05, 3.63) is 12.7 Å². The molecule has 0 aliphatic rings. The first-order valence-corrected chi connectivity index (χ1v) is 7.82. The van der Waals surface area contributed by atoms with Crippen LogP contribution in [0.3, 0.4) is 0 Å². The summed E-state index contributed by atoms with van der Waals surface area (Å²) in [6.07, 6.45) is 2.64. The van der Waals surface area contributed by atoms with Crippen LogP contribution in [0.5, 0.6) is 12.0 Å². The Morgan fingerprint density at radius 2 is 1.24 bits per heavy atom. The second-order valence-electron chi connectivity index (χ2n) is 4.56. The molecule has 0 amide bonds. The van der Waals surface area contributed by atoms with E-state index in [-0.39, 0.29) is 22.9 Å². The molecular weight excluding hydrogens is 356 g/mol. The minimum Gasteiger partial charge on any atom is -0.382 e. The first kappa shape index (κ1) is 14.8. The predicted molar refractivity (Wildman–Crippen MR) is 82.4 cm³/mol. The van der Waals surface area contributed by atoms with Gasteiger partial charge in [-0.15, -0.1) is 8.42 Å². The van der Waals surface area contributed by atoms with E-state index in [1.165, 1.54) is 12.7 Å². The first-order valence-electron chi connectivity index (χ1n) is 6.48. The molecule has 0 unspecified atom stereocenters. The molecule has 0 radical (unpaired) electrons. The molecule has 0 aliphatic heterocycles. The number of fused-ring (bicyclic) bond motifs is 2. The molecule has 0 spiro atoms. The van der Waals surface area contributed by atoms with Crippen LogP contribution in [0.15, 0.2) is 12.7 Å². The number of aromatic nitrogens is 8. The van der Waals surface area contributed by atoms with E-state index < -0.39 is 22.4 Å². The van der Waals surface area contributed by atoms with Crippen molar-refractivity contribution < 1.29 is 16.8 Å². The maximum absolute atomic E-state index is 12.0. The van der Waals surface area contributed by atoms with Crippen molar-refractivity contribution in [3.8, 4) is 12.0 Å². The molecule has 128 valence electrons. The van der Waals surface area contributed by atoms with Gasteiger partial charge in [0.1, 0.15) is 11.0 Å². The summed E-state index contributed by atoms with van der Waals surface area (Å²) in [6, 6.07) is -1.16. The minimum atomic E-state index is -4.66. The van der Waals surface area contributed by atoms with E-state index in [4.69, 9.17) is 11.5 Å². The quantitative estimate of drug-likeness (QED) is 0.339. The van der Waals surface area contributed by atoms with Gasteiger partial charge < -0.3 is 29.8 Å². The van der Waals surface area contributed by atoms with Crippen molar-refractivity contribution in [1.82, 2.24) is 39.9 Å². The van der Waals surface area contributed by atoms with Crippen LogP contribution < -0.4 is 19.8 Å². The maximum Gasteiger partial charge on any atom is 0.506 e. The average Bonchev–Trinajstić information content (AvgIpc) is 3.14. The van der Waals surface area contributed by atoms with Crippen LogP contribution in [-0.4, -0.2) is 48.3 Å². The number of nitrogens with one attached hydrogen (secondary N) is 2. The van der Waals surface area contributed by atoms with Gasteiger partial charge in [-0.05, 0) is 0 Å². The van der Waals surface area contributed by atoms with Gasteiger partial charge in [-0.25, -0.2) is 9.97 Å². The van der Waals surface area contributed by atoms with Gasteiger partial charge in [0.05, 0.1) is 12.7 Å². The number of hydrogen-bond acceptors (Lipinski definition) is 12. The number of hydrogen-bond donors (Lipinski definition) is 4. The summed E-state index contributed by atoms with van der Waals surface area (Å²) in [5.74, 6) is -0.0997. The van der Waals surface area contributed by atoms with Crippen LogP contribution in [0.1, 0.15) is 0 Å². The molecule has 15 heteroatoms. The summed E-state index contributed by atoms with van der Waals surface area (Å²) < 4.78 is 33.3. The fourth-order valence-electron chi connectivity index (χ4n) is 1.94. The summed E-state index contributed by atoms with van der Waals surface area (Å²) in [7, 11) is -4.66. The molecule has 0 atom stereocenters.